The number of rotatable bonds is 4. The van der Waals surface area contributed by atoms with Crippen LogP contribution in [-0.2, 0) is 4.79 Å². The summed E-state index contributed by atoms with van der Waals surface area (Å²) in [6, 6.07) is 16.5. The van der Waals surface area contributed by atoms with Gasteiger partial charge in [-0.15, -0.1) is 11.8 Å². The highest BCUT2D eigenvalue weighted by molar-refractivity contribution is 8.00. The first-order valence-corrected chi connectivity index (χ1v) is 7.23. The van der Waals surface area contributed by atoms with Gasteiger partial charge in [0.25, 0.3) is 0 Å². The van der Waals surface area contributed by atoms with Crippen molar-refractivity contribution in [2.45, 2.75) is 4.90 Å². The van der Waals surface area contributed by atoms with Crippen molar-refractivity contribution in [3.63, 3.8) is 0 Å². The molecule has 100 valence electrons. The lowest BCUT2D eigenvalue weighted by atomic mass is 10.2. The third-order valence-corrected chi connectivity index (χ3v) is 3.83. The van der Waals surface area contributed by atoms with E-state index in [1.807, 2.05) is 36.4 Å². The van der Waals surface area contributed by atoms with E-state index >= 15 is 0 Å². The van der Waals surface area contributed by atoms with E-state index in [0.717, 1.165) is 4.90 Å². The third kappa shape index (κ3) is 4.02. The van der Waals surface area contributed by atoms with Crippen molar-refractivity contribution in [3.05, 3.63) is 59.1 Å². The van der Waals surface area contributed by atoms with Gasteiger partial charge in [-0.05, 0) is 30.3 Å². The molecule has 0 aliphatic carbocycles. The van der Waals surface area contributed by atoms with Crippen molar-refractivity contribution in [1.82, 2.24) is 0 Å². The number of benzene rings is 2. The largest absolute Gasteiger partial charge is 0.325 e. The summed E-state index contributed by atoms with van der Waals surface area (Å²) in [6.45, 7) is 0. The normalized spacial score (nSPS) is 9.80. The highest BCUT2D eigenvalue weighted by atomic mass is 35.5. The van der Waals surface area contributed by atoms with E-state index in [0.29, 0.717) is 22.0 Å². The van der Waals surface area contributed by atoms with Gasteiger partial charge in [0.1, 0.15) is 6.07 Å². The maximum atomic E-state index is 11.8. The summed E-state index contributed by atoms with van der Waals surface area (Å²) >= 11 is 7.29. The topological polar surface area (TPSA) is 52.9 Å². The van der Waals surface area contributed by atoms with E-state index in [2.05, 4.69) is 5.32 Å². The first-order valence-electron chi connectivity index (χ1n) is 5.86. The first kappa shape index (κ1) is 14.4. The number of thioether (sulfide) groups is 1. The monoisotopic (exact) mass is 302 g/mol. The van der Waals surface area contributed by atoms with Gasteiger partial charge < -0.3 is 5.32 Å². The van der Waals surface area contributed by atoms with Crippen LogP contribution in [0.15, 0.2) is 53.4 Å². The smallest absolute Gasteiger partial charge is 0.234 e. The van der Waals surface area contributed by atoms with Gasteiger partial charge in [-0.2, -0.15) is 5.26 Å². The van der Waals surface area contributed by atoms with Crippen LogP contribution < -0.4 is 5.32 Å². The molecule has 0 aromatic heterocycles. The molecule has 0 atom stereocenters. The molecule has 2 rings (SSSR count). The highest BCUT2D eigenvalue weighted by Gasteiger charge is 2.06. The van der Waals surface area contributed by atoms with Gasteiger partial charge in [-0.3, -0.25) is 4.79 Å². The molecule has 2 aromatic rings. The van der Waals surface area contributed by atoms with Gasteiger partial charge in [-0.1, -0.05) is 29.8 Å². The minimum absolute atomic E-state index is 0.120. The second kappa shape index (κ2) is 6.99. The van der Waals surface area contributed by atoms with Gasteiger partial charge in [0.2, 0.25) is 5.91 Å². The number of amides is 1. The van der Waals surface area contributed by atoms with Crippen LogP contribution >= 0.6 is 23.4 Å². The average molecular weight is 303 g/mol. The fourth-order valence-corrected chi connectivity index (χ4v) is 2.43. The molecule has 0 saturated heterocycles. The van der Waals surface area contributed by atoms with Crippen molar-refractivity contribution in [2.75, 3.05) is 11.1 Å². The zero-order valence-electron chi connectivity index (χ0n) is 10.5. The summed E-state index contributed by atoms with van der Waals surface area (Å²) in [4.78, 5) is 12.9. The van der Waals surface area contributed by atoms with Gasteiger partial charge in [-0.25, -0.2) is 0 Å². The Hall–Kier alpha value is -1.96. The Kier molecular flexibility index (Phi) is 5.05. The van der Waals surface area contributed by atoms with Crippen molar-refractivity contribution in [2.24, 2.45) is 0 Å². The lowest BCUT2D eigenvalue weighted by Gasteiger charge is -2.06. The van der Waals surface area contributed by atoms with Crippen LogP contribution in [0.4, 0.5) is 5.69 Å². The molecule has 0 heterocycles. The summed E-state index contributed by atoms with van der Waals surface area (Å²) in [5.41, 5.74) is 0.921. The molecule has 0 aliphatic heterocycles. The summed E-state index contributed by atoms with van der Waals surface area (Å²) in [6.07, 6.45) is 0. The molecular formula is C15H11ClN2OS. The summed E-state index contributed by atoms with van der Waals surface area (Å²) < 4.78 is 0. The van der Waals surface area contributed by atoms with Crippen molar-refractivity contribution >= 4 is 35.0 Å². The van der Waals surface area contributed by atoms with Crippen LogP contribution in [-0.4, -0.2) is 11.7 Å². The number of halogens is 1. The quantitative estimate of drug-likeness (QED) is 0.870. The number of carbonyl (C=O) groups excluding carboxylic acids is 1. The summed E-state index contributed by atoms with van der Waals surface area (Å²) in [5.74, 6) is 0.194. The fourth-order valence-electron chi connectivity index (χ4n) is 1.55. The van der Waals surface area contributed by atoms with Crippen LogP contribution in [0.3, 0.4) is 0 Å². The van der Waals surface area contributed by atoms with Crippen molar-refractivity contribution in [3.8, 4) is 6.07 Å². The van der Waals surface area contributed by atoms with Crippen molar-refractivity contribution in [1.29, 1.82) is 5.26 Å². The Labute approximate surface area is 126 Å². The molecule has 1 N–H and O–H groups in total. The Morgan fingerprint density at radius 2 is 2.00 bits per heavy atom. The minimum Gasteiger partial charge on any atom is -0.325 e. The fraction of sp³-hybridized carbons (Fsp3) is 0.0667. The number of hydrogen-bond donors (Lipinski definition) is 1. The molecule has 0 unspecified atom stereocenters. The molecular weight excluding hydrogens is 292 g/mol. The lowest BCUT2D eigenvalue weighted by molar-refractivity contribution is -0.113. The second-order valence-electron chi connectivity index (χ2n) is 3.96. The van der Waals surface area contributed by atoms with Crippen molar-refractivity contribution < 1.29 is 4.79 Å². The number of carbonyl (C=O) groups is 1. The molecule has 0 radical (unpaired) electrons. The van der Waals surface area contributed by atoms with Crippen LogP contribution in [0.5, 0.6) is 0 Å². The van der Waals surface area contributed by atoms with Gasteiger partial charge >= 0.3 is 0 Å². The number of nitrogens with zero attached hydrogens (tertiary/aromatic N) is 1. The van der Waals surface area contributed by atoms with E-state index < -0.39 is 0 Å². The van der Waals surface area contributed by atoms with Crippen LogP contribution in [0.2, 0.25) is 5.02 Å². The zero-order chi connectivity index (χ0) is 14.4. The highest BCUT2D eigenvalue weighted by Crippen LogP contribution is 2.21. The molecule has 0 spiro atoms. The lowest BCUT2D eigenvalue weighted by Crippen LogP contribution is -2.14. The number of hydrogen-bond acceptors (Lipinski definition) is 3. The number of nitriles is 1. The van der Waals surface area contributed by atoms with Crippen LogP contribution in [0, 0.1) is 11.3 Å². The van der Waals surface area contributed by atoms with E-state index in [1.54, 1.807) is 18.2 Å². The molecule has 0 saturated carbocycles. The summed E-state index contributed by atoms with van der Waals surface area (Å²) in [5, 5.41) is 12.0. The molecule has 0 aliphatic rings. The maximum Gasteiger partial charge on any atom is 0.234 e. The Bertz CT molecular complexity index is 653. The maximum absolute atomic E-state index is 11.8. The Balaban J connectivity index is 1.93. The second-order valence-corrected chi connectivity index (χ2v) is 5.41. The Morgan fingerprint density at radius 3 is 2.70 bits per heavy atom. The molecule has 20 heavy (non-hydrogen) atoms. The molecule has 2 aromatic carbocycles. The minimum atomic E-state index is -0.120. The van der Waals surface area contributed by atoms with Gasteiger partial charge in [0.15, 0.2) is 0 Å². The molecule has 5 heteroatoms. The predicted molar refractivity (Wildman–Crippen MR) is 82.0 cm³/mol. The molecule has 0 bridgehead atoms. The first-order chi connectivity index (χ1) is 9.69. The number of nitrogens with one attached hydrogen (secondary N) is 1. The predicted octanol–water partition coefficient (Wildman–Crippen LogP) is 3.94. The Morgan fingerprint density at radius 1 is 1.25 bits per heavy atom. The third-order valence-electron chi connectivity index (χ3n) is 2.48. The van der Waals surface area contributed by atoms with Gasteiger partial charge in [0, 0.05) is 10.6 Å². The van der Waals surface area contributed by atoms with E-state index in [-0.39, 0.29) is 5.91 Å². The van der Waals surface area contributed by atoms with Crippen LogP contribution in [0.25, 0.3) is 0 Å². The molecule has 3 nitrogen and oxygen atoms in total. The standard InChI is InChI=1S/C15H11ClN2OS/c16-14-7-6-12(8-11(14)9-17)18-15(19)10-20-13-4-2-1-3-5-13/h1-8H,10H2,(H,18,19). The summed E-state index contributed by atoms with van der Waals surface area (Å²) in [7, 11) is 0. The molecule has 0 fully saturated rings. The number of anilines is 1. The average Bonchev–Trinajstić information content (AvgIpc) is 2.48. The zero-order valence-corrected chi connectivity index (χ0v) is 12.0. The van der Waals surface area contributed by atoms with E-state index in [1.165, 1.54) is 11.8 Å². The van der Waals surface area contributed by atoms with Crippen LogP contribution in [0.1, 0.15) is 5.56 Å². The van der Waals surface area contributed by atoms with E-state index in [9.17, 15) is 4.79 Å². The van der Waals surface area contributed by atoms with Gasteiger partial charge in [0.05, 0.1) is 16.3 Å². The SMILES string of the molecule is N#Cc1cc(NC(=O)CSc2ccccc2)ccc1Cl. The van der Waals surface area contributed by atoms with E-state index in [4.69, 9.17) is 16.9 Å². The molecule has 1 amide bonds.